The number of pyridine rings is 1. The first-order valence-corrected chi connectivity index (χ1v) is 5.09. The van der Waals surface area contributed by atoms with Crippen molar-refractivity contribution in [1.29, 1.82) is 0 Å². The molecule has 1 heterocycles. The summed E-state index contributed by atoms with van der Waals surface area (Å²) in [5, 5.41) is 9.56. The Morgan fingerprint density at radius 3 is 2.82 bits per heavy atom. The highest BCUT2D eigenvalue weighted by Gasteiger charge is 2.14. The number of nitrogens with one attached hydrogen (secondary N) is 1. The van der Waals surface area contributed by atoms with Crippen LogP contribution in [-0.2, 0) is 4.79 Å². The van der Waals surface area contributed by atoms with Gasteiger partial charge in [-0.1, -0.05) is 12.1 Å². The van der Waals surface area contributed by atoms with E-state index < -0.39 is 12.1 Å². The van der Waals surface area contributed by atoms with Crippen molar-refractivity contribution in [2.24, 2.45) is 0 Å². The minimum Gasteiger partial charge on any atom is -0.479 e. The Labute approximate surface area is 96.7 Å². The van der Waals surface area contributed by atoms with Gasteiger partial charge in [-0.15, -0.1) is 0 Å². The molecule has 2 N–H and O–H groups in total. The standard InChI is InChI=1S/C12H11NO4/c1-7(12(15)16)17-9-4-2-3-8-5-6-10(14)13-11(8)9/h2-7H,1H3,(H,13,14)(H,15,16)/t7-/m1/s1. The van der Waals surface area contributed by atoms with Crippen LogP contribution in [0.3, 0.4) is 0 Å². The first-order chi connectivity index (χ1) is 8.08. The number of ether oxygens (including phenoxy) is 1. The van der Waals surface area contributed by atoms with Crippen LogP contribution in [0.25, 0.3) is 10.9 Å². The van der Waals surface area contributed by atoms with Gasteiger partial charge in [-0.2, -0.15) is 0 Å². The zero-order valence-electron chi connectivity index (χ0n) is 9.14. The fraction of sp³-hybridized carbons (Fsp3) is 0.167. The Morgan fingerprint density at radius 1 is 1.35 bits per heavy atom. The van der Waals surface area contributed by atoms with Crippen LogP contribution in [0.2, 0.25) is 0 Å². The molecule has 5 nitrogen and oxygen atoms in total. The van der Waals surface area contributed by atoms with Crippen LogP contribution in [0.15, 0.2) is 35.1 Å². The fourth-order valence-electron chi connectivity index (χ4n) is 1.49. The largest absolute Gasteiger partial charge is 0.479 e. The molecule has 0 aliphatic heterocycles. The molecule has 0 spiro atoms. The van der Waals surface area contributed by atoms with Gasteiger partial charge in [0.15, 0.2) is 6.10 Å². The number of carbonyl (C=O) groups is 1. The number of hydrogen-bond acceptors (Lipinski definition) is 3. The minimum absolute atomic E-state index is 0.253. The van der Waals surface area contributed by atoms with Crippen LogP contribution in [0.1, 0.15) is 6.92 Å². The maximum absolute atomic E-state index is 11.2. The summed E-state index contributed by atoms with van der Waals surface area (Å²) in [4.78, 5) is 24.6. The molecule has 0 fully saturated rings. The van der Waals surface area contributed by atoms with E-state index in [0.29, 0.717) is 11.3 Å². The van der Waals surface area contributed by atoms with Crippen LogP contribution < -0.4 is 10.3 Å². The monoisotopic (exact) mass is 233 g/mol. The predicted molar refractivity (Wildman–Crippen MR) is 62.3 cm³/mol. The van der Waals surface area contributed by atoms with E-state index in [1.165, 1.54) is 13.0 Å². The number of benzene rings is 1. The summed E-state index contributed by atoms with van der Waals surface area (Å²) in [6.07, 6.45) is -0.968. The van der Waals surface area contributed by atoms with E-state index in [9.17, 15) is 9.59 Å². The van der Waals surface area contributed by atoms with Crippen LogP contribution in [0, 0.1) is 0 Å². The third-order valence-electron chi connectivity index (χ3n) is 2.37. The van der Waals surface area contributed by atoms with Gasteiger partial charge in [0.2, 0.25) is 5.56 Å². The molecule has 88 valence electrons. The van der Waals surface area contributed by atoms with Crippen molar-refractivity contribution in [3.05, 3.63) is 40.7 Å². The second-order valence-corrected chi connectivity index (χ2v) is 3.64. The zero-order chi connectivity index (χ0) is 12.4. The van der Waals surface area contributed by atoms with Crippen molar-refractivity contribution < 1.29 is 14.6 Å². The lowest BCUT2D eigenvalue weighted by atomic mass is 10.2. The molecule has 0 bridgehead atoms. The maximum atomic E-state index is 11.2. The lowest BCUT2D eigenvalue weighted by Gasteiger charge is -2.12. The molecular weight excluding hydrogens is 222 g/mol. The molecule has 0 saturated heterocycles. The zero-order valence-corrected chi connectivity index (χ0v) is 9.14. The molecule has 0 aliphatic carbocycles. The number of aromatic amines is 1. The second kappa shape index (κ2) is 4.29. The van der Waals surface area contributed by atoms with Gasteiger partial charge < -0.3 is 14.8 Å². The summed E-state index contributed by atoms with van der Waals surface area (Å²) in [5.41, 5.74) is 0.254. The van der Waals surface area contributed by atoms with Crippen molar-refractivity contribution in [3.63, 3.8) is 0 Å². The first-order valence-electron chi connectivity index (χ1n) is 5.09. The number of hydrogen-bond donors (Lipinski definition) is 2. The van der Waals surface area contributed by atoms with E-state index in [0.717, 1.165) is 5.39 Å². The molecule has 0 amide bonds. The number of rotatable bonds is 3. The third kappa shape index (κ3) is 2.28. The molecule has 1 aromatic carbocycles. The number of carboxylic acids is 1. The van der Waals surface area contributed by atoms with Crippen molar-refractivity contribution in [2.45, 2.75) is 13.0 Å². The van der Waals surface area contributed by atoms with Crippen LogP contribution in [0.4, 0.5) is 0 Å². The fourth-order valence-corrected chi connectivity index (χ4v) is 1.49. The lowest BCUT2D eigenvalue weighted by Crippen LogP contribution is -2.23. The molecule has 1 atom stereocenters. The Hall–Kier alpha value is -2.30. The number of H-pyrrole nitrogens is 1. The van der Waals surface area contributed by atoms with Gasteiger partial charge >= 0.3 is 5.97 Å². The molecule has 0 radical (unpaired) electrons. The molecule has 2 rings (SSSR count). The van der Waals surface area contributed by atoms with Gasteiger partial charge in [0.1, 0.15) is 5.75 Å². The van der Waals surface area contributed by atoms with E-state index in [1.807, 2.05) is 6.07 Å². The highest BCUT2D eigenvalue weighted by Crippen LogP contribution is 2.23. The topological polar surface area (TPSA) is 79.4 Å². The predicted octanol–water partition coefficient (Wildman–Crippen LogP) is 1.38. The number of carboxylic acid groups (broad SMARTS) is 1. The molecular formula is C12H11NO4. The lowest BCUT2D eigenvalue weighted by molar-refractivity contribution is -0.144. The highest BCUT2D eigenvalue weighted by molar-refractivity contribution is 5.84. The molecule has 2 aromatic rings. The number of aromatic nitrogens is 1. The SMILES string of the molecule is C[C@@H](Oc1cccc2ccc(=O)[nH]c12)C(=O)O. The van der Waals surface area contributed by atoms with Crippen LogP contribution >= 0.6 is 0 Å². The van der Waals surface area contributed by atoms with Gasteiger partial charge in [-0.05, 0) is 19.1 Å². The van der Waals surface area contributed by atoms with Crippen molar-refractivity contribution in [1.82, 2.24) is 4.98 Å². The number of aliphatic carboxylic acids is 1. The highest BCUT2D eigenvalue weighted by atomic mass is 16.5. The molecule has 0 saturated carbocycles. The van der Waals surface area contributed by atoms with Gasteiger partial charge in [-0.25, -0.2) is 4.79 Å². The minimum atomic E-state index is -1.06. The van der Waals surface area contributed by atoms with E-state index in [-0.39, 0.29) is 5.56 Å². The summed E-state index contributed by atoms with van der Waals surface area (Å²) >= 11 is 0. The number of fused-ring (bicyclic) bond motifs is 1. The van der Waals surface area contributed by atoms with Gasteiger partial charge in [0.05, 0.1) is 5.52 Å². The van der Waals surface area contributed by atoms with E-state index in [2.05, 4.69) is 4.98 Å². The molecule has 0 aliphatic rings. The van der Waals surface area contributed by atoms with Crippen molar-refractivity contribution >= 4 is 16.9 Å². The van der Waals surface area contributed by atoms with Crippen molar-refractivity contribution in [2.75, 3.05) is 0 Å². The van der Waals surface area contributed by atoms with Crippen molar-refractivity contribution in [3.8, 4) is 5.75 Å². The molecule has 17 heavy (non-hydrogen) atoms. The molecule has 0 unspecified atom stereocenters. The van der Waals surface area contributed by atoms with Gasteiger partial charge in [-0.3, -0.25) is 4.79 Å². The normalized spacial score (nSPS) is 12.3. The summed E-state index contributed by atoms with van der Waals surface area (Å²) in [6, 6.07) is 8.24. The maximum Gasteiger partial charge on any atom is 0.344 e. The van der Waals surface area contributed by atoms with E-state index >= 15 is 0 Å². The summed E-state index contributed by atoms with van der Waals surface area (Å²) in [6.45, 7) is 1.43. The average Bonchev–Trinajstić information content (AvgIpc) is 2.29. The van der Waals surface area contributed by atoms with Crippen LogP contribution in [-0.4, -0.2) is 22.2 Å². The van der Waals surface area contributed by atoms with Crippen LogP contribution in [0.5, 0.6) is 5.75 Å². The molecule has 1 aromatic heterocycles. The Kier molecular flexibility index (Phi) is 2.82. The Bertz CT molecular complexity index is 617. The third-order valence-corrected chi connectivity index (χ3v) is 2.37. The van der Waals surface area contributed by atoms with Gasteiger partial charge in [0, 0.05) is 11.5 Å². The summed E-state index contributed by atoms with van der Waals surface area (Å²) in [5.74, 6) is -0.699. The quantitative estimate of drug-likeness (QED) is 0.839. The van der Waals surface area contributed by atoms with E-state index in [4.69, 9.17) is 9.84 Å². The van der Waals surface area contributed by atoms with E-state index in [1.54, 1.807) is 18.2 Å². The van der Waals surface area contributed by atoms with Gasteiger partial charge in [0.25, 0.3) is 0 Å². The summed E-state index contributed by atoms with van der Waals surface area (Å²) in [7, 11) is 0. The second-order valence-electron chi connectivity index (χ2n) is 3.64. The Balaban J connectivity index is 2.50. The Morgan fingerprint density at radius 2 is 2.12 bits per heavy atom. The smallest absolute Gasteiger partial charge is 0.344 e. The average molecular weight is 233 g/mol. The first kappa shape index (κ1) is 11.2. The number of para-hydroxylation sites is 1. The summed E-state index contributed by atoms with van der Waals surface area (Å²) < 4.78 is 5.27. The molecule has 5 heteroatoms.